The van der Waals surface area contributed by atoms with Crippen LogP contribution in [0, 0.1) is 0 Å². The molecule has 4 heteroatoms. The summed E-state index contributed by atoms with van der Waals surface area (Å²) in [5.74, 6) is 0. The van der Waals surface area contributed by atoms with Gasteiger partial charge in [0, 0.05) is 0 Å². The van der Waals surface area contributed by atoms with Crippen LogP contribution in [0.2, 0.25) is 0 Å². The van der Waals surface area contributed by atoms with Crippen LogP contribution in [-0.4, -0.2) is 42.3 Å². The van der Waals surface area contributed by atoms with E-state index in [1.165, 1.54) is 0 Å². The van der Waals surface area contributed by atoms with Crippen molar-refractivity contribution in [3.63, 3.8) is 0 Å². The van der Waals surface area contributed by atoms with Crippen LogP contribution in [-0.2, 0) is 0 Å². The number of rotatable bonds is 0. The molecule has 0 N–H and O–H groups in total. The highest BCUT2D eigenvalue weighted by atomic mass is 127. The van der Waals surface area contributed by atoms with E-state index in [2.05, 4.69) is 35.7 Å². The van der Waals surface area contributed by atoms with Gasteiger partial charge in [0.2, 0.25) is 12.4 Å². The topological polar surface area (TPSA) is 6.02 Å². The van der Waals surface area contributed by atoms with Crippen molar-refractivity contribution in [1.82, 2.24) is 0 Å². The highest BCUT2D eigenvalue weighted by Crippen LogP contribution is 1.72. The molecule has 0 bridgehead atoms. The summed E-state index contributed by atoms with van der Waals surface area (Å²) in [5.41, 5.74) is 0. The van der Waals surface area contributed by atoms with Gasteiger partial charge < -0.3 is 48.0 Å². The average Bonchev–Trinajstić information content (AvgIpc) is 1.87. The summed E-state index contributed by atoms with van der Waals surface area (Å²) >= 11 is 0. The van der Waals surface area contributed by atoms with Crippen molar-refractivity contribution in [2.24, 2.45) is 0 Å². The highest BCUT2D eigenvalue weighted by molar-refractivity contribution is 6.11. The first kappa shape index (κ1) is 12.5. The fraction of sp³-hybridized carbons (Fsp3) is 0.600. The van der Waals surface area contributed by atoms with Gasteiger partial charge in [0.1, 0.15) is 14.1 Å². The monoisotopic (exact) mass is 352 g/mol. The zero-order valence-electron chi connectivity index (χ0n) is 5.51. The molecule has 0 spiro atoms. The highest BCUT2D eigenvalue weighted by Gasteiger charge is 2.08. The zero-order valence-corrected chi connectivity index (χ0v) is 9.83. The van der Waals surface area contributed by atoms with Crippen LogP contribution in [0.1, 0.15) is 0 Å². The summed E-state index contributed by atoms with van der Waals surface area (Å²) in [7, 11) is 4.11. The summed E-state index contributed by atoms with van der Waals surface area (Å²) in [5, 5.41) is 0. The maximum absolute atomic E-state index is 2.12. The van der Waals surface area contributed by atoms with Crippen LogP contribution in [0.3, 0.4) is 0 Å². The lowest BCUT2D eigenvalue weighted by Gasteiger charge is -1.80. The standard InChI is InChI=1S/C5H10N2.2HI/c1-6-3-4-7(2)5-6;;/h3-4H,5H2,1-2H3;2*1H/q+2;;/p-2. The van der Waals surface area contributed by atoms with Gasteiger partial charge >= 0.3 is 6.67 Å². The molecule has 0 amide bonds. The Balaban J connectivity index is 0. The van der Waals surface area contributed by atoms with E-state index in [-0.39, 0.29) is 48.0 Å². The Labute approximate surface area is 89.7 Å². The van der Waals surface area contributed by atoms with E-state index in [0.29, 0.717) is 0 Å². The van der Waals surface area contributed by atoms with Crippen molar-refractivity contribution < 1.29 is 57.1 Å². The SMILES string of the molecule is C[N+]1=CC=[N+](C)C1.[I-].[I-]. The molecule has 0 fully saturated rings. The van der Waals surface area contributed by atoms with E-state index in [1.54, 1.807) is 0 Å². The van der Waals surface area contributed by atoms with Crippen molar-refractivity contribution in [3.05, 3.63) is 0 Å². The molecule has 0 unspecified atom stereocenters. The summed E-state index contributed by atoms with van der Waals surface area (Å²) in [6, 6.07) is 0. The molecular formula is C5H10I2N2. The predicted molar refractivity (Wildman–Crippen MR) is 29.4 cm³/mol. The molecule has 54 valence electrons. The van der Waals surface area contributed by atoms with E-state index < -0.39 is 0 Å². The Morgan fingerprint density at radius 2 is 1.33 bits per heavy atom. The fourth-order valence-electron chi connectivity index (χ4n) is 0.674. The van der Waals surface area contributed by atoms with Crippen molar-refractivity contribution in [3.8, 4) is 0 Å². The van der Waals surface area contributed by atoms with Crippen LogP contribution in [0.4, 0.5) is 0 Å². The number of nitrogens with zero attached hydrogens (tertiary/aromatic N) is 2. The summed E-state index contributed by atoms with van der Waals surface area (Å²) in [6.07, 6.45) is 4.11. The third-order valence-electron chi connectivity index (χ3n) is 1.02. The van der Waals surface area contributed by atoms with E-state index in [4.69, 9.17) is 0 Å². The molecule has 0 atom stereocenters. The van der Waals surface area contributed by atoms with Crippen molar-refractivity contribution >= 4 is 12.4 Å². The van der Waals surface area contributed by atoms with Gasteiger partial charge in [0.15, 0.2) is 0 Å². The smallest absolute Gasteiger partial charge is 0.333 e. The molecule has 1 aliphatic rings. The third-order valence-corrected chi connectivity index (χ3v) is 1.02. The minimum Gasteiger partial charge on any atom is -1.00 e. The fourth-order valence-corrected chi connectivity index (χ4v) is 0.674. The number of hydrogen-bond donors (Lipinski definition) is 0. The van der Waals surface area contributed by atoms with E-state index in [1.807, 2.05) is 0 Å². The third kappa shape index (κ3) is 4.24. The first-order valence-corrected chi connectivity index (χ1v) is 2.38. The molecule has 1 rings (SSSR count). The van der Waals surface area contributed by atoms with Crippen LogP contribution in [0.5, 0.6) is 0 Å². The predicted octanol–water partition coefficient (Wildman–Crippen LogP) is -6.61. The van der Waals surface area contributed by atoms with E-state index >= 15 is 0 Å². The Morgan fingerprint density at radius 1 is 1.00 bits per heavy atom. The first-order chi connectivity index (χ1) is 3.29. The van der Waals surface area contributed by atoms with Crippen molar-refractivity contribution in [2.45, 2.75) is 0 Å². The number of hydrogen-bond acceptors (Lipinski definition) is 0. The lowest BCUT2D eigenvalue weighted by Crippen LogP contribution is -3.00. The molecule has 0 saturated carbocycles. The van der Waals surface area contributed by atoms with Crippen LogP contribution in [0.25, 0.3) is 0 Å². The Morgan fingerprint density at radius 3 is 1.44 bits per heavy atom. The normalized spacial score (nSPS) is 14.9. The summed E-state index contributed by atoms with van der Waals surface area (Å²) in [6.45, 7) is 1.03. The van der Waals surface area contributed by atoms with Crippen LogP contribution < -0.4 is 48.0 Å². The molecule has 0 saturated heterocycles. The average molecular weight is 352 g/mol. The van der Waals surface area contributed by atoms with Gasteiger partial charge in [-0.25, -0.2) is 0 Å². The molecule has 0 aromatic carbocycles. The van der Waals surface area contributed by atoms with Gasteiger partial charge in [-0.05, 0) is 0 Å². The van der Waals surface area contributed by atoms with Crippen molar-refractivity contribution in [1.29, 1.82) is 0 Å². The zero-order chi connectivity index (χ0) is 5.28. The van der Waals surface area contributed by atoms with Gasteiger partial charge in [-0.15, -0.1) is 0 Å². The van der Waals surface area contributed by atoms with E-state index in [9.17, 15) is 0 Å². The minimum atomic E-state index is 0. The molecule has 0 aromatic heterocycles. The molecule has 0 aromatic rings. The molecule has 0 aliphatic carbocycles. The van der Waals surface area contributed by atoms with Gasteiger partial charge in [-0.2, -0.15) is 9.15 Å². The molecule has 9 heavy (non-hydrogen) atoms. The van der Waals surface area contributed by atoms with E-state index in [0.717, 1.165) is 6.67 Å². The largest absolute Gasteiger partial charge is 1.00 e. The second-order valence-corrected chi connectivity index (χ2v) is 1.95. The van der Waals surface area contributed by atoms with Gasteiger partial charge in [0.25, 0.3) is 0 Å². The first-order valence-electron chi connectivity index (χ1n) is 2.38. The Bertz CT molecular complexity index is 124. The molecule has 0 radical (unpaired) electrons. The Kier molecular flexibility index (Phi) is 7.73. The summed E-state index contributed by atoms with van der Waals surface area (Å²) < 4.78 is 4.25. The molecule has 1 aliphatic heterocycles. The quantitative estimate of drug-likeness (QED) is 0.302. The minimum absolute atomic E-state index is 0. The van der Waals surface area contributed by atoms with Crippen molar-refractivity contribution in [2.75, 3.05) is 20.8 Å². The number of halogens is 2. The lowest BCUT2D eigenvalue weighted by atomic mass is 10.8. The lowest BCUT2D eigenvalue weighted by molar-refractivity contribution is -0.686. The van der Waals surface area contributed by atoms with Crippen LogP contribution >= 0.6 is 0 Å². The summed E-state index contributed by atoms with van der Waals surface area (Å²) in [4.78, 5) is 0. The molecule has 2 nitrogen and oxygen atoms in total. The maximum atomic E-state index is 2.12. The van der Waals surface area contributed by atoms with Gasteiger partial charge in [-0.1, -0.05) is 0 Å². The molecule has 1 heterocycles. The second kappa shape index (κ2) is 5.57. The van der Waals surface area contributed by atoms with Crippen LogP contribution in [0.15, 0.2) is 0 Å². The second-order valence-electron chi connectivity index (χ2n) is 1.95. The van der Waals surface area contributed by atoms with Gasteiger partial charge in [-0.3, -0.25) is 0 Å². The maximum Gasteiger partial charge on any atom is 0.333 e. The Hall–Kier alpha value is 0.800. The van der Waals surface area contributed by atoms with Gasteiger partial charge in [0.05, 0.1) is 0 Å². The molecular weight excluding hydrogens is 342 g/mol.